The fourth-order valence-corrected chi connectivity index (χ4v) is 4.89. The number of carbonyl (C=O) groups excluding carboxylic acids is 1. The third kappa shape index (κ3) is 3.77. The first-order valence-electron chi connectivity index (χ1n) is 9.70. The minimum Gasteiger partial charge on any atom is -0.350 e. The summed E-state index contributed by atoms with van der Waals surface area (Å²) < 4.78 is 1.93. The molecule has 0 radical (unpaired) electrons. The van der Waals surface area contributed by atoms with Gasteiger partial charge in [0.15, 0.2) is 0 Å². The highest BCUT2D eigenvalue weighted by Gasteiger charge is 2.19. The number of para-hydroxylation sites is 1. The number of amides is 1. The van der Waals surface area contributed by atoms with Crippen LogP contribution in [0, 0.1) is 6.92 Å². The Hall–Kier alpha value is -2.18. The molecule has 0 spiro atoms. The molecule has 6 heteroatoms. The molecular weight excluding hydrogens is 356 g/mol. The SMILES string of the molecule is Cc1nn(-c2ccccc2)c2sc(C(=O)NCCN3CCCCC3C)cc12. The maximum Gasteiger partial charge on any atom is 0.261 e. The van der Waals surface area contributed by atoms with Crippen molar-refractivity contribution < 1.29 is 4.79 Å². The number of thiophene rings is 1. The summed E-state index contributed by atoms with van der Waals surface area (Å²) in [6, 6.07) is 12.7. The molecule has 1 unspecified atom stereocenters. The van der Waals surface area contributed by atoms with Gasteiger partial charge in [-0.15, -0.1) is 11.3 Å². The minimum atomic E-state index is 0.0138. The highest BCUT2D eigenvalue weighted by atomic mass is 32.1. The van der Waals surface area contributed by atoms with Crippen LogP contribution in [0.3, 0.4) is 0 Å². The minimum absolute atomic E-state index is 0.0138. The van der Waals surface area contributed by atoms with E-state index in [-0.39, 0.29) is 5.91 Å². The summed E-state index contributed by atoms with van der Waals surface area (Å²) in [7, 11) is 0. The van der Waals surface area contributed by atoms with Crippen molar-refractivity contribution in [3.8, 4) is 5.69 Å². The first kappa shape index (κ1) is 18.2. The number of nitrogens with zero attached hydrogens (tertiary/aromatic N) is 3. The second-order valence-corrected chi connectivity index (χ2v) is 8.33. The van der Waals surface area contributed by atoms with Gasteiger partial charge in [-0.05, 0) is 51.4 Å². The van der Waals surface area contributed by atoms with Gasteiger partial charge < -0.3 is 5.32 Å². The molecule has 142 valence electrons. The molecule has 1 amide bonds. The van der Waals surface area contributed by atoms with E-state index in [1.807, 2.05) is 48.0 Å². The van der Waals surface area contributed by atoms with Crippen LogP contribution in [0.4, 0.5) is 0 Å². The number of nitrogens with one attached hydrogen (secondary N) is 1. The number of hydrogen-bond acceptors (Lipinski definition) is 4. The maximum absolute atomic E-state index is 12.6. The number of benzene rings is 1. The average Bonchev–Trinajstić information content (AvgIpc) is 3.25. The average molecular weight is 383 g/mol. The molecule has 5 nitrogen and oxygen atoms in total. The van der Waals surface area contributed by atoms with Crippen LogP contribution in [0.25, 0.3) is 15.9 Å². The Morgan fingerprint density at radius 2 is 2.11 bits per heavy atom. The lowest BCUT2D eigenvalue weighted by Crippen LogP contribution is -2.42. The smallest absolute Gasteiger partial charge is 0.261 e. The summed E-state index contributed by atoms with van der Waals surface area (Å²) in [5, 5.41) is 8.79. The molecule has 3 heterocycles. The number of rotatable bonds is 5. The Morgan fingerprint density at radius 3 is 2.89 bits per heavy atom. The Labute approximate surface area is 164 Å². The first-order chi connectivity index (χ1) is 13.1. The van der Waals surface area contributed by atoms with Crippen molar-refractivity contribution in [3.05, 3.63) is 47.0 Å². The van der Waals surface area contributed by atoms with Gasteiger partial charge in [-0.25, -0.2) is 4.68 Å². The van der Waals surface area contributed by atoms with Crippen LogP contribution in [0.15, 0.2) is 36.4 Å². The van der Waals surface area contributed by atoms with E-state index in [0.717, 1.165) is 39.6 Å². The van der Waals surface area contributed by atoms with Crippen molar-refractivity contribution in [2.24, 2.45) is 0 Å². The lowest BCUT2D eigenvalue weighted by atomic mass is 10.0. The van der Waals surface area contributed by atoms with Gasteiger partial charge in [-0.1, -0.05) is 24.6 Å². The fraction of sp³-hybridized carbons (Fsp3) is 0.429. The summed E-state index contributed by atoms with van der Waals surface area (Å²) in [4.78, 5) is 16.9. The van der Waals surface area contributed by atoms with Crippen molar-refractivity contribution in [3.63, 3.8) is 0 Å². The third-order valence-electron chi connectivity index (χ3n) is 5.39. The summed E-state index contributed by atoms with van der Waals surface area (Å²) in [5.74, 6) is 0.0138. The summed E-state index contributed by atoms with van der Waals surface area (Å²) in [6.07, 6.45) is 3.85. The standard InChI is InChI=1S/C21H26N4OS/c1-15-8-6-7-12-24(15)13-11-22-20(26)19-14-18-16(2)23-25(21(18)27-19)17-9-4-3-5-10-17/h3-5,9-10,14-15H,6-8,11-13H2,1-2H3,(H,22,26). The zero-order valence-corrected chi connectivity index (χ0v) is 16.8. The van der Waals surface area contributed by atoms with Gasteiger partial charge in [-0.3, -0.25) is 9.69 Å². The predicted octanol–water partition coefficient (Wildman–Crippen LogP) is 4.00. The van der Waals surface area contributed by atoms with E-state index in [4.69, 9.17) is 0 Å². The Balaban J connectivity index is 1.46. The fourth-order valence-electron chi connectivity index (χ4n) is 3.79. The molecule has 0 bridgehead atoms. The number of piperidine rings is 1. The Kier molecular flexibility index (Phi) is 5.27. The van der Waals surface area contributed by atoms with Gasteiger partial charge in [0.25, 0.3) is 5.91 Å². The molecule has 4 rings (SSSR count). The maximum atomic E-state index is 12.6. The second-order valence-electron chi connectivity index (χ2n) is 7.30. The van der Waals surface area contributed by atoms with Crippen molar-refractivity contribution >= 4 is 27.5 Å². The Morgan fingerprint density at radius 1 is 1.30 bits per heavy atom. The lowest BCUT2D eigenvalue weighted by Gasteiger charge is -2.33. The van der Waals surface area contributed by atoms with E-state index < -0.39 is 0 Å². The zero-order chi connectivity index (χ0) is 18.8. The van der Waals surface area contributed by atoms with Crippen molar-refractivity contribution in [2.75, 3.05) is 19.6 Å². The zero-order valence-electron chi connectivity index (χ0n) is 15.9. The molecule has 0 aliphatic carbocycles. The molecule has 1 atom stereocenters. The van der Waals surface area contributed by atoms with E-state index in [1.165, 1.54) is 30.6 Å². The molecule has 3 aromatic rings. The molecule has 1 N–H and O–H groups in total. The Bertz CT molecular complexity index is 930. The predicted molar refractivity (Wildman–Crippen MR) is 111 cm³/mol. The summed E-state index contributed by atoms with van der Waals surface area (Å²) in [6.45, 7) is 7.04. The molecule has 1 aromatic carbocycles. The molecule has 1 aliphatic rings. The van der Waals surface area contributed by atoms with E-state index >= 15 is 0 Å². The van der Waals surface area contributed by atoms with Crippen molar-refractivity contribution in [1.29, 1.82) is 0 Å². The van der Waals surface area contributed by atoms with Crippen LogP contribution < -0.4 is 5.32 Å². The number of hydrogen-bond donors (Lipinski definition) is 1. The number of aryl methyl sites for hydroxylation is 1. The van der Waals surface area contributed by atoms with Gasteiger partial charge in [0, 0.05) is 24.5 Å². The van der Waals surface area contributed by atoms with Crippen LogP contribution >= 0.6 is 11.3 Å². The van der Waals surface area contributed by atoms with Crippen LogP contribution in [0.1, 0.15) is 41.6 Å². The van der Waals surface area contributed by atoms with Gasteiger partial charge in [0.1, 0.15) is 4.83 Å². The van der Waals surface area contributed by atoms with Gasteiger partial charge in [0.2, 0.25) is 0 Å². The van der Waals surface area contributed by atoms with Crippen molar-refractivity contribution in [1.82, 2.24) is 20.0 Å². The van der Waals surface area contributed by atoms with Crippen LogP contribution in [0.2, 0.25) is 0 Å². The molecular formula is C21H26N4OS. The molecule has 27 heavy (non-hydrogen) atoms. The number of aromatic nitrogens is 2. The normalized spacial score (nSPS) is 18.1. The van der Waals surface area contributed by atoms with E-state index in [1.54, 1.807) is 0 Å². The van der Waals surface area contributed by atoms with Crippen LogP contribution in [0.5, 0.6) is 0 Å². The van der Waals surface area contributed by atoms with E-state index in [0.29, 0.717) is 12.6 Å². The monoisotopic (exact) mass is 382 g/mol. The third-order valence-corrected chi connectivity index (χ3v) is 6.50. The molecule has 1 fully saturated rings. The number of likely N-dealkylation sites (tertiary alicyclic amines) is 1. The van der Waals surface area contributed by atoms with Gasteiger partial charge >= 0.3 is 0 Å². The van der Waals surface area contributed by atoms with Gasteiger partial charge in [-0.2, -0.15) is 5.10 Å². The van der Waals surface area contributed by atoms with E-state index in [9.17, 15) is 4.79 Å². The van der Waals surface area contributed by atoms with Gasteiger partial charge in [0.05, 0.1) is 16.3 Å². The largest absolute Gasteiger partial charge is 0.350 e. The summed E-state index contributed by atoms with van der Waals surface area (Å²) >= 11 is 1.51. The molecule has 0 saturated carbocycles. The molecule has 1 saturated heterocycles. The van der Waals surface area contributed by atoms with Crippen molar-refractivity contribution in [2.45, 2.75) is 39.2 Å². The highest BCUT2D eigenvalue weighted by Crippen LogP contribution is 2.30. The molecule has 1 aliphatic heterocycles. The summed E-state index contributed by atoms with van der Waals surface area (Å²) in [5.41, 5.74) is 1.97. The first-order valence-corrected chi connectivity index (χ1v) is 10.5. The number of fused-ring (bicyclic) bond motifs is 1. The molecule has 2 aromatic heterocycles. The second kappa shape index (κ2) is 7.82. The lowest BCUT2D eigenvalue weighted by molar-refractivity contribution is 0.0942. The van der Waals surface area contributed by atoms with Crippen LogP contribution in [-0.4, -0.2) is 46.3 Å². The van der Waals surface area contributed by atoms with E-state index in [2.05, 4.69) is 22.2 Å². The quantitative estimate of drug-likeness (QED) is 0.726. The topological polar surface area (TPSA) is 50.2 Å². The highest BCUT2D eigenvalue weighted by molar-refractivity contribution is 7.20. The number of carbonyl (C=O) groups is 1. The van der Waals surface area contributed by atoms with Crippen LogP contribution in [-0.2, 0) is 0 Å².